The predicted molar refractivity (Wildman–Crippen MR) is 215 cm³/mol. The molecule has 1 amide bonds. The highest BCUT2D eigenvalue weighted by Gasteiger charge is 2.63. The van der Waals surface area contributed by atoms with E-state index in [1.807, 2.05) is 67.7 Å². The number of nitrogens with one attached hydrogen (secondary N) is 1. The van der Waals surface area contributed by atoms with Gasteiger partial charge in [-0.2, -0.15) is 13.8 Å². The van der Waals surface area contributed by atoms with Crippen molar-refractivity contribution in [3.63, 3.8) is 0 Å². The number of ether oxygens (including phenoxy) is 4. The fourth-order valence-electron chi connectivity index (χ4n) is 5.16. The molecule has 23 heteroatoms. The quantitative estimate of drug-likeness (QED) is 0.0724. The van der Waals surface area contributed by atoms with Gasteiger partial charge in [-0.3, -0.25) is 18.8 Å². The van der Waals surface area contributed by atoms with E-state index in [-0.39, 0.29) is 66.5 Å². The highest BCUT2D eigenvalue weighted by Crippen LogP contribution is 2.48. The van der Waals surface area contributed by atoms with Crippen molar-refractivity contribution in [3.8, 4) is 5.88 Å². The number of esters is 1. The minimum absolute atomic E-state index is 0.0889. The fraction of sp³-hybridized carbons (Fsp3) is 0.622. The molecule has 3 aromatic rings. The Labute approximate surface area is 349 Å². The Morgan fingerprint density at radius 2 is 1.60 bits per heavy atom. The van der Waals surface area contributed by atoms with E-state index in [2.05, 4.69) is 20.1 Å². The Bertz CT molecular complexity index is 2130. The minimum atomic E-state index is -4.29. The third kappa shape index (κ3) is 11.6. The Morgan fingerprint density at radius 1 is 0.967 bits per heavy atom. The van der Waals surface area contributed by atoms with Crippen molar-refractivity contribution in [3.05, 3.63) is 58.3 Å². The minimum Gasteiger partial charge on any atom is -0.463 e. The number of anilines is 1. The summed E-state index contributed by atoms with van der Waals surface area (Å²) in [6.45, 7) is 18.8. The maximum absolute atomic E-state index is 16.4. The predicted octanol–water partition coefficient (Wildman–Crippen LogP) is 5.00. The zero-order valence-electron chi connectivity index (χ0n) is 35.5. The van der Waals surface area contributed by atoms with Gasteiger partial charge in [0.1, 0.15) is 31.2 Å². The first kappa shape index (κ1) is 48.5. The number of sulfone groups is 1. The van der Waals surface area contributed by atoms with Gasteiger partial charge >= 0.3 is 28.5 Å². The molecular formula is C37H55F2N5O13SSi2. The second-order valence-electron chi connectivity index (χ2n) is 17.2. The third-order valence-electron chi connectivity index (χ3n) is 10.7. The number of aromatic nitrogens is 4. The molecule has 1 fully saturated rings. The van der Waals surface area contributed by atoms with Crippen molar-refractivity contribution < 1.29 is 64.1 Å². The molecule has 0 saturated carbocycles. The normalized spacial score (nSPS) is 18.6. The summed E-state index contributed by atoms with van der Waals surface area (Å²) in [5.74, 6) is -5.88. The van der Waals surface area contributed by atoms with Gasteiger partial charge in [-0.1, -0.05) is 59.7 Å². The van der Waals surface area contributed by atoms with Crippen LogP contribution < -0.4 is 20.6 Å². The number of benzene rings is 1. The third-order valence-corrected chi connectivity index (χ3v) is 21.4. The van der Waals surface area contributed by atoms with E-state index in [0.29, 0.717) is 4.57 Å². The highest BCUT2D eigenvalue weighted by molar-refractivity contribution is 7.91. The van der Waals surface area contributed by atoms with Gasteiger partial charge in [-0.15, -0.1) is 0 Å². The SMILES string of the molecule is CC(C)(C)[Si](C)(C)OC[C@H]1O[C@@H](n2ccc(NC(=O)CCC(=O)OCCOCCOc3no[n+]([O-])c3S(=O)(=O)c3ccccc3)nc2=O)C(F)(F)[C@@H]1O[Si](C)(C)C(C)(C)C. The molecule has 1 aromatic carbocycles. The number of carbonyl (C=O) groups is 2. The lowest BCUT2D eigenvalue weighted by atomic mass is 10.1. The molecule has 0 unspecified atom stereocenters. The molecule has 3 atom stereocenters. The van der Waals surface area contributed by atoms with E-state index in [1.54, 1.807) is 6.07 Å². The van der Waals surface area contributed by atoms with Gasteiger partial charge in [0, 0.05) is 12.6 Å². The van der Waals surface area contributed by atoms with Gasteiger partial charge in [-0.05, 0) is 59.4 Å². The number of hydrogen-bond donors (Lipinski definition) is 1. The zero-order chi connectivity index (χ0) is 44.9. The molecule has 60 heavy (non-hydrogen) atoms. The molecule has 0 spiro atoms. The van der Waals surface area contributed by atoms with Crippen LogP contribution in [0.5, 0.6) is 5.88 Å². The lowest BCUT2D eigenvalue weighted by Crippen LogP contribution is -2.53. The molecule has 3 heterocycles. The Morgan fingerprint density at radius 3 is 2.22 bits per heavy atom. The number of alkyl halides is 2. The van der Waals surface area contributed by atoms with Crippen molar-refractivity contribution in [2.75, 3.05) is 38.4 Å². The molecule has 1 aliphatic rings. The average Bonchev–Trinajstić information content (AvgIpc) is 3.64. The maximum atomic E-state index is 16.4. The lowest BCUT2D eigenvalue weighted by Gasteiger charge is -2.41. The van der Waals surface area contributed by atoms with Crippen molar-refractivity contribution in [2.45, 2.75) is 125 Å². The molecule has 334 valence electrons. The Balaban J connectivity index is 1.25. The number of nitrogens with zero attached hydrogens (tertiary/aromatic N) is 4. The van der Waals surface area contributed by atoms with Gasteiger partial charge < -0.3 is 38.3 Å². The number of amides is 1. The molecule has 1 aliphatic heterocycles. The van der Waals surface area contributed by atoms with E-state index in [9.17, 15) is 28.0 Å². The van der Waals surface area contributed by atoms with E-state index >= 15 is 8.78 Å². The van der Waals surface area contributed by atoms with Gasteiger partial charge in [0.25, 0.3) is 9.84 Å². The van der Waals surface area contributed by atoms with E-state index in [4.69, 9.17) is 27.8 Å². The largest absolute Gasteiger partial charge is 0.463 e. The second-order valence-corrected chi connectivity index (χ2v) is 28.6. The topological polar surface area (TPSA) is 224 Å². The smallest absolute Gasteiger partial charge is 0.415 e. The van der Waals surface area contributed by atoms with Gasteiger partial charge in [-0.25, -0.2) is 13.2 Å². The molecule has 0 aliphatic carbocycles. The van der Waals surface area contributed by atoms with E-state index in [1.165, 1.54) is 30.3 Å². The summed E-state index contributed by atoms with van der Waals surface area (Å²) in [7, 11) is -9.44. The Hall–Kier alpha value is -4.14. The van der Waals surface area contributed by atoms with E-state index in [0.717, 1.165) is 6.20 Å². The summed E-state index contributed by atoms with van der Waals surface area (Å²) in [5, 5.41) is 16.3. The standard InChI is InChI=1S/C37H55F2N5O13SSi2/c1-35(2,3)59(7,8)54-24-26-30(56-60(9,10)36(4,5)6)37(38,39)33(55-26)43-19-18-27(41-34(43)47)40-28(45)16-17-29(46)52-22-20-51-21-23-53-31-32(44(48)57-42-31)58(49,50)25-14-12-11-13-15-25/h11-15,18-19,26,30,33H,16-17,20-24H2,1-10H3,(H,40,41,45,47)/t26-,30-,33-/m1/s1. The number of halogens is 2. The van der Waals surface area contributed by atoms with Crippen molar-refractivity contribution >= 4 is 44.2 Å². The summed E-state index contributed by atoms with van der Waals surface area (Å²) in [6.07, 6.45) is -4.60. The number of rotatable bonds is 19. The first-order valence-corrected chi connectivity index (χ1v) is 26.5. The maximum Gasteiger partial charge on any atom is 0.415 e. The first-order valence-electron chi connectivity index (χ1n) is 19.2. The van der Waals surface area contributed by atoms with Crippen LogP contribution in [0.4, 0.5) is 14.6 Å². The lowest BCUT2D eigenvalue weighted by molar-refractivity contribution is -0.832. The fourth-order valence-corrected chi connectivity index (χ4v) is 8.76. The van der Waals surface area contributed by atoms with Crippen LogP contribution in [0, 0.1) is 5.21 Å². The van der Waals surface area contributed by atoms with Crippen molar-refractivity contribution in [1.29, 1.82) is 0 Å². The van der Waals surface area contributed by atoms with Crippen LogP contribution in [0.3, 0.4) is 0 Å². The average molecular weight is 904 g/mol. The monoisotopic (exact) mass is 903 g/mol. The summed E-state index contributed by atoms with van der Waals surface area (Å²) >= 11 is 0. The van der Waals surface area contributed by atoms with Crippen LogP contribution in [0.15, 0.2) is 61.9 Å². The summed E-state index contributed by atoms with van der Waals surface area (Å²) in [5.41, 5.74) is -1.10. The molecule has 18 nitrogen and oxygen atoms in total. The van der Waals surface area contributed by atoms with Crippen LogP contribution in [0.25, 0.3) is 0 Å². The summed E-state index contributed by atoms with van der Waals surface area (Å²) in [6, 6.07) is 8.34. The van der Waals surface area contributed by atoms with E-state index < -0.39 is 84.3 Å². The van der Waals surface area contributed by atoms with Crippen LogP contribution in [-0.2, 0) is 42.5 Å². The van der Waals surface area contributed by atoms with Gasteiger partial charge in [0.2, 0.25) is 12.1 Å². The van der Waals surface area contributed by atoms with Crippen LogP contribution >= 0.6 is 0 Å². The molecule has 2 aromatic heterocycles. The zero-order valence-corrected chi connectivity index (χ0v) is 38.3. The van der Waals surface area contributed by atoms with Crippen LogP contribution in [0.1, 0.15) is 60.6 Å². The molecular weight excluding hydrogens is 849 g/mol. The number of carbonyl (C=O) groups excluding carboxylic acids is 2. The van der Waals surface area contributed by atoms with Crippen LogP contribution in [0.2, 0.25) is 36.3 Å². The molecule has 1 N–H and O–H groups in total. The van der Waals surface area contributed by atoms with Crippen LogP contribution in [-0.4, -0.2) is 103 Å². The summed E-state index contributed by atoms with van der Waals surface area (Å²) in [4.78, 5) is 41.3. The second kappa shape index (κ2) is 18.9. The molecule has 4 rings (SSSR count). The number of hydrogen-bond acceptors (Lipinski definition) is 15. The molecule has 1 saturated heterocycles. The first-order chi connectivity index (χ1) is 27.7. The summed E-state index contributed by atoms with van der Waals surface area (Å²) < 4.78 is 97.5. The Kier molecular flexibility index (Phi) is 15.3. The van der Waals surface area contributed by atoms with Gasteiger partial charge in [0.05, 0.1) is 36.3 Å². The molecule has 0 bridgehead atoms. The van der Waals surface area contributed by atoms with Gasteiger partial charge in [0.15, 0.2) is 16.6 Å². The van der Waals surface area contributed by atoms with Crippen molar-refractivity contribution in [1.82, 2.24) is 14.7 Å². The highest BCUT2D eigenvalue weighted by atomic mass is 32.2. The molecule has 0 radical (unpaired) electrons. The van der Waals surface area contributed by atoms with Crippen molar-refractivity contribution in [2.24, 2.45) is 0 Å².